The van der Waals surface area contributed by atoms with Crippen LogP contribution < -0.4 is 5.32 Å². The first-order valence-electron chi connectivity index (χ1n) is 4.90. The lowest BCUT2D eigenvalue weighted by atomic mass is 10.1. The molecule has 14 heavy (non-hydrogen) atoms. The van der Waals surface area contributed by atoms with Gasteiger partial charge >= 0.3 is 0 Å². The van der Waals surface area contributed by atoms with Crippen LogP contribution in [0.5, 0.6) is 0 Å². The van der Waals surface area contributed by atoms with Crippen molar-refractivity contribution in [1.82, 2.24) is 5.32 Å². The summed E-state index contributed by atoms with van der Waals surface area (Å²) in [7, 11) is 0. The Labute approximate surface area is 90.0 Å². The molecule has 2 N–H and O–H groups in total. The Hall–Kier alpha value is -0.380. The van der Waals surface area contributed by atoms with Crippen molar-refractivity contribution in [2.75, 3.05) is 6.54 Å². The van der Waals surface area contributed by atoms with E-state index in [1.54, 1.807) is 11.3 Å². The number of hydrogen-bond acceptors (Lipinski definition) is 3. The van der Waals surface area contributed by atoms with Crippen molar-refractivity contribution in [1.29, 1.82) is 0 Å². The smallest absolute Gasteiger partial charge is 0.0715 e. The first kappa shape index (κ1) is 11.7. The summed E-state index contributed by atoms with van der Waals surface area (Å²) in [6.07, 6.45) is 0. The lowest BCUT2D eigenvalue weighted by Crippen LogP contribution is -2.35. The Bertz CT molecular complexity index is 288. The maximum Gasteiger partial charge on any atom is 0.0715 e. The zero-order valence-electron chi connectivity index (χ0n) is 9.29. The van der Waals surface area contributed by atoms with Gasteiger partial charge in [0.15, 0.2) is 0 Å². The number of aryl methyl sites for hydroxylation is 1. The lowest BCUT2D eigenvalue weighted by molar-refractivity contribution is 0.0771. The van der Waals surface area contributed by atoms with Crippen molar-refractivity contribution < 1.29 is 5.11 Å². The Balaban J connectivity index is 2.47. The van der Waals surface area contributed by atoms with Crippen LogP contribution in [0, 0.1) is 6.92 Å². The molecule has 0 aromatic carbocycles. The van der Waals surface area contributed by atoms with Crippen molar-refractivity contribution in [3.8, 4) is 0 Å². The monoisotopic (exact) mass is 213 g/mol. The molecule has 0 saturated carbocycles. The van der Waals surface area contributed by atoms with E-state index in [4.69, 9.17) is 0 Å². The predicted molar refractivity (Wildman–Crippen MR) is 61.8 cm³/mol. The molecule has 0 radical (unpaired) electrons. The van der Waals surface area contributed by atoms with Crippen LogP contribution >= 0.6 is 11.3 Å². The largest absolute Gasteiger partial charge is 0.389 e. The Morgan fingerprint density at radius 1 is 1.50 bits per heavy atom. The lowest BCUT2D eigenvalue weighted by Gasteiger charge is -2.21. The molecular formula is C11H19NOS. The normalized spacial score (nSPS) is 14.4. The summed E-state index contributed by atoms with van der Waals surface area (Å²) in [5, 5.41) is 12.9. The third-order valence-electron chi connectivity index (χ3n) is 2.03. The summed E-state index contributed by atoms with van der Waals surface area (Å²) < 4.78 is 0. The minimum absolute atomic E-state index is 0.320. The second kappa shape index (κ2) is 4.43. The third-order valence-corrected chi connectivity index (χ3v) is 3.21. The molecule has 0 spiro atoms. The van der Waals surface area contributed by atoms with E-state index in [-0.39, 0.29) is 0 Å². The molecule has 1 aromatic rings. The van der Waals surface area contributed by atoms with Gasteiger partial charge in [-0.2, -0.15) is 0 Å². The van der Waals surface area contributed by atoms with E-state index in [2.05, 4.69) is 31.3 Å². The van der Waals surface area contributed by atoms with Crippen molar-refractivity contribution >= 4 is 11.3 Å². The average molecular weight is 213 g/mol. The van der Waals surface area contributed by atoms with Crippen LogP contribution in [0.25, 0.3) is 0 Å². The highest BCUT2D eigenvalue weighted by atomic mass is 32.1. The topological polar surface area (TPSA) is 32.3 Å². The second-order valence-electron chi connectivity index (χ2n) is 4.36. The van der Waals surface area contributed by atoms with E-state index in [0.717, 1.165) is 0 Å². The van der Waals surface area contributed by atoms with Crippen LogP contribution in [0.15, 0.2) is 12.1 Å². The Kier molecular flexibility index (Phi) is 3.70. The molecule has 1 rings (SSSR count). The summed E-state index contributed by atoms with van der Waals surface area (Å²) in [6, 6.07) is 4.59. The molecule has 1 aromatic heterocycles. The van der Waals surface area contributed by atoms with E-state index in [1.807, 2.05) is 13.8 Å². The molecule has 1 atom stereocenters. The molecule has 0 aliphatic carbocycles. The summed E-state index contributed by atoms with van der Waals surface area (Å²) in [6.45, 7) is 8.47. The highest BCUT2D eigenvalue weighted by Gasteiger charge is 2.14. The Morgan fingerprint density at radius 2 is 2.14 bits per heavy atom. The van der Waals surface area contributed by atoms with Gasteiger partial charge in [-0.1, -0.05) is 0 Å². The van der Waals surface area contributed by atoms with Crippen molar-refractivity contribution in [3.05, 3.63) is 21.9 Å². The maximum absolute atomic E-state index is 9.56. The summed E-state index contributed by atoms with van der Waals surface area (Å²) in [4.78, 5) is 2.66. The molecule has 80 valence electrons. The molecule has 0 fully saturated rings. The predicted octanol–water partition coefficient (Wildman–Crippen LogP) is 2.48. The van der Waals surface area contributed by atoms with Gasteiger partial charge < -0.3 is 10.4 Å². The zero-order chi connectivity index (χ0) is 10.8. The van der Waals surface area contributed by atoms with Crippen LogP contribution in [0.1, 0.15) is 36.6 Å². The van der Waals surface area contributed by atoms with Crippen molar-refractivity contribution in [2.24, 2.45) is 0 Å². The quantitative estimate of drug-likeness (QED) is 0.805. The summed E-state index contributed by atoms with van der Waals surface area (Å²) >= 11 is 1.80. The number of thiophene rings is 1. The van der Waals surface area contributed by atoms with Gasteiger partial charge in [0.25, 0.3) is 0 Å². The number of nitrogens with one attached hydrogen (secondary N) is 1. The van der Waals surface area contributed by atoms with Gasteiger partial charge in [-0.25, -0.2) is 0 Å². The number of hydrogen-bond donors (Lipinski definition) is 2. The Morgan fingerprint density at radius 3 is 2.57 bits per heavy atom. The molecule has 0 aliphatic rings. The zero-order valence-corrected chi connectivity index (χ0v) is 10.1. The van der Waals surface area contributed by atoms with Gasteiger partial charge in [0.1, 0.15) is 0 Å². The molecule has 3 heteroatoms. The van der Waals surface area contributed by atoms with Crippen LogP contribution in [-0.4, -0.2) is 17.3 Å². The van der Waals surface area contributed by atoms with E-state index < -0.39 is 5.60 Å². The van der Waals surface area contributed by atoms with Gasteiger partial charge in [-0.15, -0.1) is 11.3 Å². The molecule has 2 nitrogen and oxygen atoms in total. The third kappa shape index (κ3) is 3.78. The number of rotatable bonds is 4. The number of aliphatic hydroxyl groups is 1. The van der Waals surface area contributed by atoms with Crippen molar-refractivity contribution in [3.63, 3.8) is 0 Å². The molecular weight excluding hydrogens is 194 g/mol. The highest BCUT2D eigenvalue weighted by Crippen LogP contribution is 2.22. The first-order chi connectivity index (χ1) is 6.38. The fourth-order valence-corrected chi connectivity index (χ4v) is 2.09. The average Bonchev–Trinajstić information content (AvgIpc) is 2.46. The van der Waals surface area contributed by atoms with E-state index in [1.165, 1.54) is 9.75 Å². The standard InChI is InChI=1S/C11H19NOS/c1-8-5-6-10(14-8)9(2)12-7-11(3,4)13/h5-6,9,12-13H,7H2,1-4H3. The molecule has 0 amide bonds. The van der Waals surface area contributed by atoms with Gasteiger partial charge in [0, 0.05) is 22.3 Å². The second-order valence-corrected chi connectivity index (χ2v) is 5.68. The molecule has 0 saturated heterocycles. The first-order valence-corrected chi connectivity index (χ1v) is 5.72. The van der Waals surface area contributed by atoms with E-state index >= 15 is 0 Å². The van der Waals surface area contributed by atoms with Crippen LogP contribution in [0.3, 0.4) is 0 Å². The summed E-state index contributed by atoms with van der Waals surface area (Å²) in [5.41, 5.74) is -0.638. The minimum Gasteiger partial charge on any atom is -0.389 e. The molecule has 0 aliphatic heterocycles. The van der Waals surface area contributed by atoms with Gasteiger partial charge in [0.05, 0.1) is 5.60 Å². The van der Waals surface area contributed by atoms with Crippen LogP contribution in [0.4, 0.5) is 0 Å². The highest BCUT2D eigenvalue weighted by molar-refractivity contribution is 7.12. The molecule has 0 bridgehead atoms. The molecule has 1 unspecified atom stereocenters. The SMILES string of the molecule is Cc1ccc(C(C)NCC(C)(C)O)s1. The van der Waals surface area contributed by atoms with Crippen LogP contribution in [-0.2, 0) is 0 Å². The van der Waals surface area contributed by atoms with E-state index in [0.29, 0.717) is 12.6 Å². The van der Waals surface area contributed by atoms with Gasteiger partial charge in [-0.05, 0) is 39.8 Å². The maximum atomic E-state index is 9.56. The fraction of sp³-hybridized carbons (Fsp3) is 0.636. The van der Waals surface area contributed by atoms with Crippen molar-refractivity contribution in [2.45, 2.75) is 39.3 Å². The van der Waals surface area contributed by atoms with Gasteiger partial charge in [-0.3, -0.25) is 0 Å². The van der Waals surface area contributed by atoms with Crippen LogP contribution in [0.2, 0.25) is 0 Å². The fourth-order valence-electron chi connectivity index (χ4n) is 1.19. The molecule has 1 heterocycles. The summed E-state index contributed by atoms with van der Waals surface area (Å²) in [5.74, 6) is 0. The van der Waals surface area contributed by atoms with Gasteiger partial charge in [0.2, 0.25) is 0 Å². The van der Waals surface area contributed by atoms with E-state index in [9.17, 15) is 5.11 Å². The minimum atomic E-state index is -0.638.